The molecule has 0 aliphatic carbocycles. The molecule has 0 radical (unpaired) electrons. The minimum absolute atomic E-state index is 0.159. The van der Waals surface area contributed by atoms with Crippen LogP contribution >= 0.6 is 0 Å². The summed E-state index contributed by atoms with van der Waals surface area (Å²) in [5.74, 6) is -1.23. The Morgan fingerprint density at radius 2 is 1.74 bits per heavy atom. The number of amides is 2. The fourth-order valence-corrected chi connectivity index (χ4v) is 4.12. The van der Waals surface area contributed by atoms with Gasteiger partial charge >= 0.3 is 0 Å². The molecule has 1 aliphatic rings. The van der Waals surface area contributed by atoms with Gasteiger partial charge in [-0.3, -0.25) is 14.5 Å². The van der Waals surface area contributed by atoms with Crippen molar-refractivity contribution in [2.24, 2.45) is 7.05 Å². The van der Waals surface area contributed by atoms with Gasteiger partial charge in [-0.05, 0) is 35.7 Å². The predicted molar refractivity (Wildman–Crippen MR) is 116 cm³/mol. The molecule has 0 atom stereocenters. The molecule has 6 nitrogen and oxygen atoms in total. The van der Waals surface area contributed by atoms with Crippen LogP contribution in [0.25, 0.3) is 16.5 Å². The van der Waals surface area contributed by atoms with Gasteiger partial charge < -0.3 is 14.6 Å². The Bertz CT molecular complexity index is 1180. The van der Waals surface area contributed by atoms with E-state index in [0.29, 0.717) is 12.0 Å². The largest absolute Gasteiger partial charge is 0.395 e. The SMILES string of the molecule is CN(CCO)C1=C(c2ccc(F)cc2)C(=O)N(CCc2cn(C)c3ccccc23)C1=O. The van der Waals surface area contributed by atoms with Crippen molar-refractivity contribution in [2.75, 3.05) is 26.7 Å². The molecule has 1 aromatic heterocycles. The van der Waals surface area contributed by atoms with E-state index in [1.54, 1.807) is 11.9 Å². The number of aliphatic hydroxyl groups excluding tert-OH is 1. The van der Waals surface area contributed by atoms with Gasteiger partial charge in [0.2, 0.25) is 0 Å². The van der Waals surface area contributed by atoms with Gasteiger partial charge in [0, 0.05) is 44.3 Å². The summed E-state index contributed by atoms with van der Waals surface area (Å²) in [6, 6.07) is 13.5. The number of para-hydroxylation sites is 1. The van der Waals surface area contributed by atoms with Crippen LogP contribution in [0.2, 0.25) is 0 Å². The molecule has 1 N–H and O–H groups in total. The van der Waals surface area contributed by atoms with E-state index in [9.17, 15) is 19.1 Å². The van der Waals surface area contributed by atoms with Crippen LogP contribution in [0.4, 0.5) is 4.39 Å². The van der Waals surface area contributed by atoms with Crippen LogP contribution in [0.1, 0.15) is 11.1 Å². The van der Waals surface area contributed by atoms with Gasteiger partial charge in [0.1, 0.15) is 11.5 Å². The summed E-state index contributed by atoms with van der Waals surface area (Å²) in [6.45, 7) is 0.275. The molecule has 0 fully saturated rings. The van der Waals surface area contributed by atoms with Crippen molar-refractivity contribution in [1.29, 1.82) is 0 Å². The van der Waals surface area contributed by atoms with Crippen molar-refractivity contribution in [1.82, 2.24) is 14.4 Å². The summed E-state index contributed by atoms with van der Waals surface area (Å²) in [7, 11) is 3.63. The Hall–Kier alpha value is -3.45. The molecule has 0 unspecified atom stereocenters. The number of carbonyl (C=O) groups excluding carboxylic acids is 2. The van der Waals surface area contributed by atoms with Gasteiger partial charge in [0.05, 0.1) is 12.2 Å². The highest BCUT2D eigenvalue weighted by atomic mass is 19.1. The highest BCUT2D eigenvalue weighted by molar-refractivity contribution is 6.35. The Morgan fingerprint density at radius 3 is 2.45 bits per heavy atom. The number of hydrogen-bond acceptors (Lipinski definition) is 4. The number of benzene rings is 2. The minimum Gasteiger partial charge on any atom is -0.395 e. The number of rotatable bonds is 7. The lowest BCUT2D eigenvalue weighted by Gasteiger charge is -2.20. The normalized spacial score (nSPS) is 14.3. The number of imide groups is 1. The van der Waals surface area contributed by atoms with Crippen LogP contribution in [-0.2, 0) is 23.1 Å². The van der Waals surface area contributed by atoms with Crippen LogP contribution in [0.5, 0.6) is 0 Å². The van der Waals surface area contributed by atoms with Crippen molar-refractivity contribution in [3.63, 3.8) is 0 Å². The maximum absolute atomic E-state index is 13.4. The van der Waals surface area contributed by atoms with Crippen LogP contribution < -0.4 is 0 Å². The molecule has 0 saturated carbocycles. The lowest BCUT2D eigenvalue weighted by atomic mass is 10.0. The number of aromatic nitrogens is 1. The molecule has 7 heteroatoms. The molecule has 3 aromatic rings. The molecule has 2 aromatic carbocycles. The molecular weight excluding hydrogens is 397 g/mol. The number of carbonyl (C=O) groups is 2. The van der Waals surface area contributed by atoms with Crippen molar-refractivity contribution < 1.29 is 19.1 Å². The van der Waals surface area contributed by atoms with Crippen LogP contribution in [-0.4, -0.2) is 58.0 Å². The summed E-state index contributed by atoms with van der Waals surface area (Å²) in [5.41, 5.74) is 3.08. The molecule has 0 spiro atoms. The average Bonchev–Trinajstić information content (AvgIpc) is 3.21. The van der Waals surface area contributed by atoms with Crippen molar-refractivity contribution in [3.05, 3.63) is 77.4 Å². The van der Waals surface area contributed by atoms with E-state index in [-0.39, 0.29) is 31.0 Å². The number of fused-ring (bicyclic) bond motifs is 1. The first-order valence-electron chi connectivity index (χ1n) is 10.1. The van der Waals surface area contributed by atoms with E-state index in [1.165, 1.54) is 29.2 Å². The zero-order valence-electron chi connectivity index (χ0n) is 17.5. The molecule has 4 rings (SSSR count). The number of halogens is 1. The summed E-state index contributed by atoms with van der Waals surface area (Å²) in [6.07, 6.45) is 2.54. The third-order valence-electron chi connectivity index (χ3n) is 5.68. The van der Waals surface area contributed by atoms with E-state index in [1.807, 2.05) is 42.1 Å². The van der Waals surface area contributed by atoms with Gasteiger partial charge in [-0.1, -0.05) is 30.3 Å². The molecule has 2 amide bonds. The first-order valence-corrected chi connectivity index (χ1v) is 10.1. The highest BCUT2D eigenvalue weighted by Gasteiger charge is 2.40. The van der Waals surface area contributed by atoms with E-state index in [2.05, 4.69) is 0 Å². The first kappa shape index (κ1) is 20.8. The minimum atomic E-state index is -0.417. The third kappa shape index (κ3) is 3.72. The molecule has 0 saturated heterocycles. The highest BCUT2D eigenvalue weighted by Crippen LogP contribution is 2.31. The van der Waals surface area contributed by atoms with E-state index < -0.39 is 17.6 Å². The van der Waals surface area contributed by atoms with Crippen molar-refractivity contribution >= 4 is 28.3 Å². The van der Waals surface area contributed by atoms with Gasteiger partial charge in [0.25, 0.3) is 11.8 Å². The van der Waals surface area contributed by atoms with E-state index in [0.717, 1.165) is 16.5 Å². The van der Waals surface area contributed by atoms with Crippen LogP contribution in [0.15, 0.2) is 60.4 Å². The van der Waals surface area contributed by atoms with Gasteiger partial charge in [-0.25, -0.2) is 4.39 Å². The number of nitrogens with zero attached hydrogens (tertiary/aromatic N) is 3. The van der Waals surface area contributed by atoms with Gasteiger partial charge in [-0.2, -0.15) is 0 Å². The summed E-state index contributed by atoms with van der Waals surface area (Å²) < 4.78 is 15.4. The Morgan fingerprint density at radius 1 is 1.03 bits per heavy atom. The van der Waals surface area contributed by atoms with E-state index in [4.69, 9.17) is 0 Å². The summed E-state index contributed by atoms with van der Waals surface area (Å²) >= 11 is 0. The van der Waals surface area contributed by atoms with Gasteiger partial charge in [0.15, 0.2) is 0 Å². The number of hydrogen-bond donors (Lipinski definition) is 1. The summed E-state index contributed by atoms with van der Waals surface area (Å²) in [4.78, 5) is 29.3. The lowest BCUT2D eigenvalue weighted by Crippen LogP contribution is -2.36. The zero-order chi connectivity index (χ0) is 22.1. The number of aliphatic hydroxyl groups is 1. The van der Waals surface area contributed by atoms with Gasteiger partial charge in [-0.15, -0.1) is 0 Å². The van der Waals surface area contributed by atoms with Crippen molar-refractivity contribution in [3.8, 4) is 0 Å². The fourth-order valence-electron chi connectivity index (χ4n) is 4.12. The fraction of sp³-hybridized carbons (Fsp3) is 0.250. The second-order valence-electron chi connectivity index (χ2n) is 7.67. The molecular formula is C24H24FN3O3. The quantitative estimate of drug-likeness (QED) is 0.596. The third-order valence-corrected chi connectivity index (χ3v) is 5.68. The van der Waals surface area contributed by atoms with Crippen LogP contribution in [0, 0.1) is 5.82 Å². The topological polar surface area (TPSA) is 65.8 Å². The summed E-state index contributed by atoms with van der Waals surface area (Å²) in [5, 5.41) is 10.4. The molecule has 160 valence electrons. The number of likely N-dealkylation sites (N-methyl/N-ethyl adjacent to an activating group) is 1. The zero-order valence-corrected chi connectivity index (χ0v) is 17.5. The monoisotopic (exact) mass is 421 g/mol. The standard InChI is InChI=1S/C24H24FN3O3/c1-26(13-14-29)22-21(16-7-9-18(25)10-8-16)23(30)28(24(22)31)12-11-17-15-27(2)20-6-4-3-5-19(17)20/h3-10,15,29H,11-14H2,1-2H3. The van der Waals surface area contributed by atoms with Crippen molar-refractivity contribution in [2.45, 2.75) is 6.42 Å². The second-order valence-corrected chi connectivity index (χ2v) is 7.67. The predicted octanol–water partition coefficient (Wildman–Crippen LogP) is 2.56. The average molecular weight is 421 g/mol. The Kier molecular flexibility index (Phi) is 5.61. The molecule has 1 aliphatic heterocycles. The second kappa shape index (κ2) is 8.35. The molecule has 2 heterocycles. The molecule has 0 bridgehead atoms. The number of aryl methyl sites for hydroxylation is 1. The lowest BCUT2D eigenvalue weighted by molar-refractivity contribution is -0.137. The first-order chi connectivity index (χ1) is 14.9. The smallest absolute Gasteiger partial charge is 0.277 e. The van der Waals surface area contributed by atoms with Crippen LogP contribution in [0.3, 0.4) is 0 Å². The Labute approximate surface area is 179 Å². The maximum Gasteiger partial charge on any atom is 0.277 e. The Balaban J connectivity index is 1.65. The molecule has 31 heavy (non-hydrogen) atoms. The maximum atomic E-state index is 13.4. The van der Waals surface area contributed by atoms with E-state index >= 15 is 0 Å².